The standard InChI is InChI=1S/C38H46N6O4.C36H42N6O4.C36H41N5O4/c1-25(2)48-33-19-28(23-42-17-15-41(5)16-18-42)11-12-29(33)20-35-39-22-30-24-43(36-26(3)9-8-10-27(36)4)38(45)44(37(30)40-35)32-14-13-31(46-6)21-34(32)47-7;1-24-8-7-9-25(2)34(24)41-23-28-21-37-33(38-35(28)42(36(41)43)30-13-12-29(44-4)20-32(30)46-6)19-27-11-10-26(18-31(27)45-5)22-40-16-14-39(3)15-17-40;1-23-8-7-9-24(2)34(23)40-22-28-21-37-33(19-27-11-10-26(18-31(27)44-5)25-14-16-39(3)17-15-25)38-35(28)41(36(40)42)30-13-12-29(43-4)20-32(30)45-6/h8-14,19,21-22,25H,15-18,20,23-24H2,1-7H3;7-13,18,20-21H,14-17,19,22-23H2,1-6H3;7-13,18,20-21,25H,14-17,19,22H2,1-6H3. The molecule has 12 aromatic rings. The first-order chi connectivity index (χ1) is 67.2. The number of hydrogen-bond donors (Lipinski definition) is 0. The Morgan fingerprint density at radius 3 is 0.971 bits per heavy atom. The minimum absolute atomic E-state index is 0.0126. The maximum atomic E-state index is 14.6. The number of urea groups is 3. The van der Waals surface area contributed by atoms with Crippen molar-refractivity contribution in [1.29, 1.82) is 0 Å². The molecule has 0 atom stereocenters. The molecule has 3 aromatic heterocycles. The SMILES string of the molecule is COc1ccc(N2C(=O)N(c3c(C)cccc3C)Cc3cnc(Cc4ccc(C5CCN(C)CC5)cc4OC)nc32)c(OC)c1.COc1ccc(N2C(=O)N(c3c(C)cccc3C)Cc3cnc(Cc4ccc(CN5CCN(C)CC5)cc4OC(C)C)nc32)c(OC)c1.COc1ccc(N2C(=O)N(c3c(C)cccc3C)Cc3cnc(Cc4ccc(CN5CCN(C)CC5)cc4OC)nc32)c(OC)c1. The van der Waals surface area contributed by atoms with Crippen LogP contribution in [0.4, 0.5) is 66.0 Å². The molecule has 9 heterocycles. The number of aromatic nitrogens is 6. The van der Waals surface area contributed by atoms with Gasteiger partial charge in [0.15, 0.2) is 0 Å². The summed E-state index contributed by atoms with van der Waals surface area (Å²) < 4.78 is 51.7. The van der Waals surface area contributed by atoms with Crippen LogP contribution < -0.4 is 72.0 Å². The van der Waals surface area contributed by atoms with E-state index >= 15 is 0 Å². The van der Waals surface area contributed by atoms with Crippen LogP contribution in [0.2, 0.25) is 0 Å². The zero-order valence-corrected chi connectivity index (χ0v) is 83.6. The van der Waals surface area contributed by atoms with Gasteiger partial charge in [0.05, 0.1) is 117 Å². The van der Waals surface area contributed by atoms with Crippen LogP contribution in [0.3, 0.4) is 0 Å². The molecule has 9 aromatic carbocycles. The number of anilines is 9. The lowest BCUT2D eigenvalue weighted by atomic mass is 9.88. The molecule has 0 bridgehead atoms. The summed E-state index contributed by atoms with van der Waals surface area (Å²) in [6.45, 7) is 29.8. The number of aryl methyl sites for hydroxylation is 6. The average molecular weight is 1880 g/mol. The van der Waals surface area contributed by atoms with Gasteiger partial charge in [-0.25, -0.2) is 59.0 Å². The molecule has 726 valence electrons. The number of likely N-dealkylation sites (tertiary alicyclic amines) is 1. The molecule has 139 heavy (non-hydrogen) atoms. The Morgan fingerprint density at radius 2 is 0.647 bits per heavy atom. The van der Waals surface area contributed by atoms with Crippen LogP contribution in [-0.4, -0.2) is 222 Å². The fraction of sp³-hybridized carbons (Fsp3) is 0.373. The Labute approximate surface area is 816 Å². The molecular formula is C110H129N17O12. The lowest BCUT2D eigenvalue weighted by molar-refractivity contribution is 0.148. The number of hydrogen-bond acceptors (Lipinski definition) is 23. The average Bonchev–Trinajstić information content (AvgIpc) is 0.752. The summed E-state index contributed by atoms with van der Waals surface area (Å²) in [5.74, 6) is 9.80. The van der Waals surface area contributed by atoms with Crippen molar-refractivity contribution in [2.75, 3.05) is 173 Å². The second-order valence-electron chi connectivity index (χ2n) is 36.9. The third-order valence-corrected chi connectivity index (χ3v) is 27.0. The van der Waals surface area contributed by atoms with E-state index in [0.29, 0.717) is 131 Å². The quantitative estimate of drug-likeness (QED) is 0.0464. The fourth-order valence-corrected chi connectivity index (χ4v) is 19.4. The number of methoxy groups -OCH3 is 8. The number of ether oxygens (including phenoxy) is 9. The van der Waals surface area contributed by atoms with E-state index in [0.717, 1.165) is 192 Å². The summed E-state index contributed by atoms with van der Waals surface area (Å²) in [6, 6.07) is 53.2. The molecule has 0 unspecified atom stereocenters. The van der Waals surface area contributed by atoms with Crippen molar-refractivity contribution in [2.45, 2.75) is 132 Å². The number of fused-ring (bicyclic) bond motifs is 3. The van der Waals surface area contributed by atoms with Gasteiger partial charge in [0.1, 0.15) is 86.7 Å². The predicted molar refractivity (Wildman–Crippen MR) is 545 cm³/mol. The lowest BCUT2D eigenvalue weighted by Crippen LogP contribution is -2.46. The molecule has 0 spiro atoms. The Bertz CT molecular complexity index is 6390. The number of piperazine rings is 2. The molecular weight excluding hydrogens is 1750 g/mol. The molecule has 6 aliphatic heterocycles. The van der Waals surface area contributed by atoms with Crippen molar-refractivity contribution < 1.29 is 57.0 Å². The molecule has 0 saturated carbocycles. The van der Waals surface area contributed by atoms with Crippen LogP contribution in [0.25, 0.3) is 0 Å². The molecule has 6 aliphatic rings. The topological polar surface area (TPSA) is 247 Å². The minimum Gasteiger partial charge on any atom is -0.497 e. The Morgan fingerprint density at radius 1 is 0.338 bits per heavy atom. The highest BCUT2D eigenvalue weighted by molar-refractivity contribution is 6.14. The zero-order chi connectivity index (χ0) is 98.0. The van der Waals surface area contributed by atoms with Gasteiger partial charge in [-0.1, -0.05) is 91.0 Å². The highest BCUT2D eigenvalue weighted by Crippen LogP contribution is 2.48. The van der Waals surface area contributed by atoms with Gasteiger partial charge in [-0.15, -0.1) is 0 Å². The Hall–Kier alpha value is -14.0. The van der Waals surface area contributed by atoms with Gasteiger partial charge in [0.25, 0.3) is 0 Å². The predicted octanol–water partition coefficient (Wildman–Crippen LogP) is 19.0. The van der Waals surface area contributed by atoms with Crippen LogP contribution >= 0.6 is 0 Å². The van der Waals surface area contributed by atoms with E-state index in [2.05, 4.69) is 100 Å². The number of benzene rings is 9. The van der Waals surface area contributed by atoms with Gasteiger partial charge in [-0.2, -0.15) is 0 Å². The van der Waals surface area contributed by atoms with E-state index in [4.69, 9.17) is 72.5 Å². The maximum absolute atomic E-state index is 14.6. The van der Waals surface area contributed by atoms with E-state index < -0.39 is 0 Å². The second-order valence-corrected chi connectivity index (χ2v) is 36.9. The van der Waals surface area contributed by atoms with Crippen molar-refractivity contribution in [3.8, 4) is 51.7 Å². The van der Waals surface area contributed by atoms with Gasteiger partial charge in [0, 0.05) is 155 Å². The maximum Gasteiger partial charge on any atom is 0.335 e. The normalized spacial score (nSPS) is 15.6. The third kappa shape index (κ3) is 21.8. The van der Waals surface area contributed by atoms with Crippen LogP contribution in [0, 0.1) is 41.5 Å². The zero-order valence-electron chi connectivity index (χ0n) is 83.6. The summed E-state index contributed by atoms with van der Waals surface area (Å²) in [6.07, 6.45) is 9.19. The van der Waals surface area contributed by atoms with Crippen molar-refractivity contribution in [3.63, 3.8) is 0 Å². The molecule has 0 radical (unpaired) electrons. The lowest BCUT2D eigenvalue weighted by Gasteiger charge is -2.37. The number of carbonyl (C=O) groups is 3. The summed E-state index contributed by atoms with van der Waals surface area (Å²) >= 11 is 0. The molecule has 0 aliphatic carbocycles. The molecule has 3 saturated heterocycles. The molecule has 18 rings (SSSR count). The van der Waals surface area contributed by atoms with Crippen LogP contribution in [0.5, 0.6) is 51.7 Å². The molecule has 0 N–H and O–H groups in total. The molecule has 29 nitrogen and oxygen atoms in total. The third-order valence-electron chi connectivity index (χ3n) is 27.0. The van der Waals surface area contributed by atoms with Crippen molar-refractivity contribution in [3.05, 3.63) is 283 Å². The van der Waals surface area contributed by atoms with Crippen LogP contribution in [-0.2, 0) is 52.0 Å². The fourth-order valence-electron chi connectivity index (χ4n) is 19.4. The van der Waals surface area contributed by atoms with Crippen LogP contribution in [0.15, 0.2) is 182 Å². The van der Waals surface area contributed by atoms with E-state index in [-0.39, 0.29) is 24.2 Å². The van der Waals surface area contributed by atoms with E-state index in [9.17, 15) is 14.4 Å². The van der Waals surface area contributed by atoms with Gasteiger partial charge < -0.3 is 57.3 Å². The van der Waals surface area contributed by atoms with Gasteiger partial charge in [-0.05, 0) is 213 Å². The number of likely N-dealkylation sites (N-methyl/N-ethyl adjacent to an activating group) is 2. The highest BCUT2D eigenvalue weighted by atomic mass is 16.5. The first-order valence-electron chi connectivity index (χ1n) is 47.6. The van der Waals surface area contributed by atoms with Crippen molar-refractivity contribution >= 4 is 69.7 Å². The Kier molecular flexibility index (Phi) is 30.9. The summed E-state index contributed by atoms with van der Waals surface area (Å²) in [7, 11) is 19.5. The number of carbonyl (C=O) groups excluding carboxylic acids is 3. The van der Waals surface area contributed by atoms with Crippen molar-refractivity contribution in [1.82, 2.24) is 54.4 Å². The minimum atomic E-state index is -0.219. The van der Waals surface area contributed by atoms with Gasteiger partial charge in [0.2, 0.25) is 0 Å². The number of piperidine rings is 1. The second kappa shape index (κ2) is 43.8. The highest BCUT2D eigenvalue weighted by Gasteiger charge is 2.42. The largest absolute Gasteiger partial charge is 0.497 e. The van der Waals surface area contributed by atoms with Gasteiger partial charge in [-0.3, -0.25) is 24.5 Å². The molecule has 6 amide bonds. The summed E-state index contributed by atoms with van der Waals surface area (Å²) in [5.41, 5.74) is 19.7. The first-order valence-corrected chi connectivity index (χ1v) is 47.6. The summed E-state index contributed by atoms with van der Waals surface area (Å²) in [5, 5.41) is 0. The Balaban J connectivity index is 0.000000151. The number of para-hydroxylation sites is 3. The van der Waals surface area contributed by atoms with E-state index in [1.807, 2.05) is 165 Å². The number of rotatable bonds is 27. The number of nitrogens with zero attached hydrogens (tertiary/aromatic N) is 17. The van der Waals surface area contributed by atoms with E-state index in [1.165, 1.54) is 16.7 Å². The monoisotopic (exact) mass is 1880 g/mol. The van der Waals surface area contributed by atoms with Gasteiger partial charge >= 0.3 is 18.1 Å². The molecule has 29 heteroatoms. The summed E-state index contributed by atoms with van der Waals surface area (Å²) in [4.78, 5) is 95.4. The number of amides is 6. The van der Waals surface area contributed by atoms with Crippen LogP contribution in [0.1, 0.15) is 134 Å². The first kappa shape index (κ1) is 98.1. The smallest absolute Gasteiger partial charge is 0.335 e. The van der Waals surface area contributed by atoms with Crippen molar-refractivity contribution in [2.24, 2.45) is 0 Å². The molecule has 3 fully saturated rings. The van der Waals surface area contributed by atoms with E-state index in [1.54, 1.807) is 104 Å².